The van der Waals surface area contributed by atoms with Crippen molar-refractivity contribution in [3.63, 3.8) is 0 Å². The Bertz CT molecular complexity index is 1300. The summed E-state index contributed by atoms with van der Waals surface area (Å²) in [6.07, 6.45) is -1.82. The quantitative estimate of drug-likeness (QED) is 0.388. The van der Waals surface area contributed by atoms with E-state index < -0.39 is 18.5 Å². The van der Waals surface area contributed by atoms with Gasteiger partial charge >= 0.3 is 6.18 Å². The fourth-order valence-electron chi connectivity index (χ4n) is 4.58. The van der Waals surface area contributed by atoms with Crippen molar-refractivity contribution in [1.29, 1.82) is 0 Å². The zero-order chi connectivity index (χ0) is 23.7. The smallest absolute Gasteiger partial charge is 0.342 e. The van der Waals surface area contributed by atoms with Crippen LogP contribution in [0.2, 0.25) is 0 Å². The van der Waals surface area contributed by atoms with Crippen molar-refractivity contribution in [3.8, 4) is 22.5 Å². The molecule has 2 aromatic carbocycles. The number of aromatic nitrogens is 3. The number of likely N-dealkylation sites (tertiary alicyclic amines) is 1. The van der Waals surface area contributed by atoms with Crippen molar-refractivity contribution >= 4 is 16.9 Å². The Hall–Kier alpha value is -3.68. The second-order valence-electron chi connectivity index (χ2n) is 8.64. The van der Waals surface area contributed by atoms with Crippen molar-refractivity contribution in [2.75, 3.05) is 13.1 Å². The van der Waals surface area contributed by atoms with Gasteiger partial charge in [-0.1, -0.05) is 54.6 Å². The van der Waals surface area contributed by atoms with Gasteiger partial charge < -0.3 is 9.47 Å². The average Bonchev–Trinajstić information content (AvgIpc) is 3.44. The zero-order valence-corrected chi connectivity index (χ0v) is 18.4. The minimum Gasteiger partial charge on any atom is -0.342 e. The summed E-state index contributed by atoms with van der Waals surface area (Å²) in [6, 6.07) is 20.2. The van der Waals surface area contributed by atoms with Crippen LogP contribution in [-0.2, 0) is 11.3 Å². The second-order valence-corrected chi connectivity index (χ2v) is 8.64. The van der Waals surface area contributed by atoms with E-state index in [4.69, 9.17) is 4.98 Å². The number of benzene rings is 2. The molecule has 2 aromatic heterocycles. The predicted molar refractivity (Wildman–Crippen MR) is 124 cm³/mol. The summed E-state index contributed by atoms with van der Waals surface area (Å²) in [7, 11) is 0. The number of amides is 1. The number of carbonyl (C=O) groups excluding carboxylic acids is 1. The molecular formula is C26H23F3N4O. The third-order valence-corrected chi connectivity index (χ3v) is 6.23. The first-order chi connectivity index (χ1) is 16.4. The first-order valence-electron chi connectivity index (χ1n) is 11.2. The topological polar surface area (TPSA) is 51.0 Å². The summed E-state index contributed by atoms with van der Waals surface area (Å²) >= 11 is 0. The molecule has 0 unspecified atom stereocenters. The van der Waals surface area contributed by atoms with E-state index in [1.165, 1.54) is 4.90 Å². The van der Waals surface area contributed by atoms with Gasteiger partial charge in [0.1, 0.15) is 17.8 Å². The lowest BCUT2D eigenvalue weighted by Gasteiger charge is -2.18. The van der Waals surface area contributed by atoms with Gasteiger partial charge in [-0.2, -0.15) is 13.2 Å². The predicted octanol–water partition coefficient (Wildman–Crippen LogP) is 5.57. The van der Waals surface area contributed by atoms with E-state index in [1.54, 1.807) is 12.4 Å². The molecule has 3 heterocycles. The van der Waals surface area contributed by atoms with Crippen LogP contribution in [0.3, 0.4) is 0 Å². The van der Waals surface area contributed by atoms with E-state index in [0.29, 0.717) is 26.1 Å². The van der Waals surface area contributed by atoms with Gasteiger partial charge in [-0.3, -0.25) is 9.78 Å². The third kappa shape index (κ3) is 4.66. The van der Waals surface area contributed by atoms with E-state index in [-0.39, 0.29) is 5.92 Å². The van der Waals surface area contributed by atoms with E-state index >= 15 is 0 Å². The maximum atomic E-state index is 12.6. The molecule has 1 amide bonds. The van der Waals surface area contributed by atoms with Crippen LogP contribution in [0.4, 0.5) is 13.2 Å². The highest BCUT2D eigenvalue weighted by Gasteiger charge is 2.36. The summed E-state index contributed by atoms with van der Waals surface area (Å²) in [5, 5.41) is 0. The molecule has 0 bridgehead atoms. The van der Waals surface area contributed by atoms with E-state index in [9.17, 15) is 18.0 Å². The molecule has 5 rings (SSSR count). The number of rotatable bonds is 5. The minimum atomic E-state index is -4.48. The van der Waals surface area contributed by atoms with Gasteiger partial charge in [0.15, 0.2) is 0 Å². The lowest BCUT2D eigenvalue weighted by molar-refractivity contribution is -0.160. The molecule has 1 aliphatic rings. The Kier molecular flexibility index (Phi) is 5.81. The number of alkyl halides is 3. The van der Waals surface area contributed by atoms with Crippen LogP contribution in [0.1, 0.15) is 12.8 Å². The highest BCUT2D eigenvalue weighted by molar-refractivity contribution is 5.80. The Morgan fingerprint density at radius 1 is 0.971 bits per heavy atom. The standard InChI is InChI=1S/C26H23F3N4O/c27-26(28,29)14-24(34)32-13-11-18(16-32)17-33-23-10-12-30-15-22(23)31-25(33)21-8-6-20(7-9-21)19-4-2-1-3-5-19/h1-10,12,15,18H,11,13-14,16-17H2/t18-/m1/s1. The van der Waals surface area contributed by atoms with Gasteiger partial charge in [0.25, 0.3) is 0 Å². The van der Waals surface area contributed by atoms with Crippen LogP contribution in [0.5, 0.6) is 0 Å². The molecule has 1 atom stereocenters. The summed E-state index contributed by atoms with van der Waals surface area (Å²) in [6.45, 7) is 1.22. The number of fused-ring (bicyclic) bond motifs is 1. The number of halogens is 3. The normalized spacial score (nSPS) is 16.3. The van der Waals surface area contributed by atoms with Crippen molar-refractivity contribution < 1.29 is 18.0 Å². The van der Waals surface area contributed by atoms with Crippen molar-refractivity contribution in [3.05, 3.63) is 73.1 Å². The van der Waals surface area contributed by atoms with E-state index in [2.05, 4.69) is 33.8 Å². The second kappa shape index (κ2) is 8.93. The molecule has 5 nitrogen and oxygen atoms in total. The summed E-state index contributed by atoms with van der Waals surface area (Å²) in [5.74, 6) is -0.0285. The minimum absolute atomic E-state index is 0.0464. The van der Waals surface area contributed by atoms with Crippen LogP contribution >= 0.6 is 0 Å². The van der Waals surface area contributed by atoms with Crippen LogP contribution in [0, 0.1) is 5.92 Å². The summed E-state index contributed by atoms with van der Waals surface area (Å²) < 4.78 is 40.0. The third-order valence-electron chi connectivity index (χ3n) is 6.23. The maximum Gasteiger partial charge on any atom is 0.397 e. The molecule has 174 valence electrons. The highest BCUT2D eigenvalue weighted by Crippen LogP contribution is 2.30. The Labute approximate surface area is 194 Å². The number of hydrogen-bond acceptors (Lipinski definition) is 3. The number of imidazole rings is 1. The van der Waals surface area contributed by atoms with Crippen LogP contribution in [0.25, 0.3) is 33.5 Å². The molecule has 34 heavy (non-hydrogen) atoms. The fraction of sp³-hybridized carbons (Fsp3) is 0.269. The van der Waals surface area contributed by atoms with Crippen molar-refractivity contribution in [1.82, 2.24) is 19.4 Å². The van der Waals surface area contributed by atoms with E-state index in [1.807, 2.05) is 36.4 Å². The SMILES string of the molecule is O=C(CC(F)(F)F)N1CC[C@@H](Cn2c(-c3ccc(-c4ccccc4)cc3)nc3cnccc32)C1. The molecule has 0 radical (unpaired) electrons. The van der Waals surface area contributed by atoms with Gasteiger partial charge in [-0.25, -0.2) is 4.98 Å². The van der Waals surface area contributed by atoms with Gasteiger partial charge in [-0.15, -0.1) is 0 Å². The number of nitrogens with zero attached hydrogens (tertiary/aromatic N) is 4. The molecule has 4 aromatic rings. The van der Waals surface area contributed by atoms with Gasteiger partial charge in [0.2, 0.25) is 5.91 Å². The van der Waals surface area contributed by atoms with Gasteiger partial charge in [-0.05, 0) is 29.5 Å². The molecule has 0 spiro atoms. The molecule has 0 saturated carbocycles. The zero-order valence-electron chi connectivity index (χ0n) is 18.4. The molecule has 1 aliphatic heterocycles. The molecule has 1 saturated heterocycles. The van der Waals surface area contributed by atoms with Crippen LogP contribution < -0.4 is 0 Å². The molecule has 0 N–H and O–H groups in total. The van der Waals surface area contributed by atoms with Crippen LogP contribution in [-0.4, -0.2) is 44.6 Å². The lowest BCUT2D eigenvalue weighted by atomic mass is 10.0. The van der Waals surface area contributed by atoms with Crippen molar-refractivity contribution in [2.45, 2.75) is 25.6 Å². The summed E-state index contributed by atoms with van der Waals surface area (Å²) in [5.41, 5.74) is 4.84. The first-order valence-corrected chi connectivity index (χ1v) is 11.2. The Morgan fingerprint density at radius 3 is 2.41 bits per heavy atom. The van der Waals surface area contributed by atoms with Gasteiger partial charge in [0.05, 0.1) is 11.7 Å². The maximum absolute atomic E-state index is 12.6. The molecule has 0 aliphatic carbocycles. The average molecular weight is 464 g/mol. The Morgan fingerprint density at radius 2 is 1.68 bits per heavy atom. The number of pyridine rings is 1. The van der Waals surface area contributed by atoms with Crippen LogP contribution in [0.15, 0.2) is 73.1 Å². The van der Waals surface area contributed by atoms with E-state index in [0.717, 1.165) is 33.5 Å². The monoisotopic (exact) mass is 464 g/mol. The molecule has 8 heteroatoms. The fourth-order valence-corrected chi connectivity index (χ4v) is 4.58. The first kappa shape index (κ1) is 22.1. The summed E-state index contributed by atoms with van der Waals surface area (Å²) in [4.78, 5) is 22.3. The molecular weight excluding hydrogens is 441 g/mol. The number of hydrogen-bond donors (Lipinski definition) is 0. The Balaban J connectivity index is 1.41. The number of carbonyl (C=O) groups is 1. The van der Waals surface area contributed by atoms with Crippen molar-refractivity contribution in [2.24, 2.45) is 5.92 Å². The highest BCUT2D eigenvalue weighted by atomic mass is 19.4. The van der Waals surface area contributed by atoms with Gasteiger partial charge in [0, 0.05) is 31.4 Å². The molecule has 1 fully saturated rings. The largest absolute Gasteiger partial charge is 0.397 e. The lowest BCUT2D eigenvalue weighted by Crippen LogP contribution is -2.32.